The third-order valence-corrected chi connectivity index (χ3v) is 24.7. The second-order valence-corrected chi connectivity index (χ2v) is 34.8. The normalized spacial score (nSPS) is 13.3. The Kier molecular flexibility index (Phi) is 20.5. The molecule has 616 valence electrons. The Hall–Kier alpha value is -12.4. The summed E-state index contributed by atoms with van der Waals surface area (Å²) in [7, 11) is 8.14. The van der Waals surface area contributed by atoms with E-state index in [0.29, 0.717) is 56.8 Å². The lowest BCUT2D eigenvalue weighted by Crippen LogP contribution is -2.32. The van der Waals surface area contributed by atoms with Gasteiger partial charge in [-0.1, -0.05) is 129 Å². The van der Waals surface area contributed by atoms with Gasteiger partial charge in [0.2, 0.25) is 50.8 Å². The van der Waals surface area contributed by atoms with E-state index in [-0.39, 0.29) is 23.2 Å². The van der Waals surface area contributed by atoms with Gasteiger partial charge in [0.1, 0.15) is 32.7 Å². The molecule has 0 aliphatic carbocycles. The fourth-order valence-electron chi connectivity index (χ4n) is 18.0. The van der Waals surface area contributed by atoms with Crippen LogP contribution in [0.2, 0.25) is 0 Å². The number of benzene rings is 9. The fraction of sp³-hybridized carbons (Fsp3) is 0.291. The summed E-state index contributed by atoms with van der Waals surface area (Å²) in [5.41, 5.74) is 30.1. The van der Waals surface area contributed by atoms with Crippen molar-refractivity contribution in [3.05, 3.63) is 284 Å². The quantitative estimate of drug-likeness (QED) is 0.106. The summed E-state index contributed by atoms with van der Waals surface area (Å²) in [5.74, 6) is 0.845. The molecule has 0 bridgehead atoms. The maximum atomic E-state index is 14.3. The largest absolute Gasteiger partial charge is 0.437 e. The number of aryl methyl sites for hydroxylation is 11. The maximum absolute atomic E-state index is 14.3. The Balaban J connectivity index is 0.000000127. The Bertz CT molecular complexity index is 7750. The minimum atomic E-state index is -2.30. The summed E-state index contributed by atoms with van der Waals surface area (Å²) >= 11 is 0. The Morgan fingerprint density at radius 2 is 0.852 bits per heavy atom. The summed E-state index contributed by atoms with van der Waals surface area (Å²) in [6.45, 7) is 34.4. The molecule has 12 heteroatoms. The van der Waals surface area contributed by atoms with Crippen LogP contribution in [-0.4, -0.2) is 19.9 Å². The van der Waals surface area contributed by atoms with Crippen molar-refractivity contribution >= 4 is 121 Å². The summed E-state index contributed by atoms with van der Waals surface area (Å²) in [6.07, 6.45) is 1.79. The lowest BCUT2D eigenvalue weighted by Gasteiger charge is -2.14. The number of hydrogen-bond donors (Lipinski definition) is 0. The molecular formula is C110H115FN8O3+4. The molecule has 0 radical (unpaired) electrons. The van der Waals surface area contributed by atoms with Crippen molar-refractivity contribution < 1.29 is 45.5 Å². The van der Waals surface area contributed by atoms with Crippen molar-refractivity contribution in [2.75, 3.05) is 0 Å². The first-order valence-electron chi connectivity index (χ1n) is 46.4. The van der Waals surface area contributed by atoms with Gasteiger partial charge in [-0.2, -0.15) is 13.7 Å². The highest BCUT2D eigenvalue weighted by molar-refractivity contribution is 6.23. The second-order valence-electron chi connectivity index (χ2n) is 34.8. The SMILES string of the molecule is Cc1cc(-c2c3ccc(CC(C)C)cc3nc[n+]2C)c(C)c(C)c1F.Cc1ccc2c(n1)oc1c(-c3ccc4c(CC(C)C)cccc4[n+]3C)c(C)c(C)cc12.[2H]C([2H])([2H])c1cc2c(oc3nc(C)ccc32)c(-c2ccc3c(C([2H])([2H])C(C)CC)cccc3[n+]2C)c1C.[2H]C([2H])(c1cccc2c1ccc(-c1c(C)c3ccccc3c3c1oc1nc(C)ccc13)[n+]2C)C(C)C. The molecule has 0 saturated carbocycles. The number of fused-ring (bicyclic) bond motifs is 15. The fourth-order valence-corrected chi connectivity index (χ4v) is 18.0. The summed E-state index contributed by atoms with van der Waals surface area (Å²) < 4.78 is 102. The smallest absolute Gasteiger partial charge is 0.287 e. The van der Waals surface area contributed by atoms with E-state index in [4.69, 9.17) is 27.8 Å². The van der Waals surface area contributed by atoms with Crippen LogP contribution in [0.1, 0.15) is 155 Å². The van der Waals surface area contributed by atoms with Crippen molar-refractivity contribution in [3.8, 4) is 45.0 Å². The minimum Gasteiger partial charge on any atom is -0.437 e. The van der Waals surface area contributed by atoms with Crippen LogP contribution in [0.15, 0.2) is 208 Å². The summed E-state index contributed by atoms with van der Waals surface area (Å²) in [4.78, 5) is 18.5. The van der Waals surface area contributed by atoms with Crippen LogP contribution in [0.3, 0.4) is 0 Å². The summed E-state index contributed by atoms with van der Waals surface area (Å²) in [6, 6.07) is 63.9. The molecule has 19 aromatic rings. The lowest BCUT2D eigenvalue weighted by molar-refractivity contribution is -0.662. The molecule has 10 aromatic heterocycles. The van der Waals surface area contributed by atoms with Crippen LogP contribution in [0.4, 0.5) is 4.39 Å². The Labute approximate surface area is 726 Å². The zero-order chi connectivity index (χ0) is 92.4. The molecule has 1 atom stereocenters. The minimum absolute atomic E-state index is 0.110. The van der Waals surface area contributed by atoms with Gasteiger partial charge in [0.05, 0.1) is 29.1 Å². The first-order valence-corrected chi connectivity index (χ1v) is 42.9. The molecule has 0 N–H and O–H groups in total. The van der Waals surface area contributed by atoms with E-state index >= 15 is 0 Å². The van der Waals surface area contributed by atoms with E-state index in [9.17, 15) is 4.39 Å². The molecule has 9 aromatic carbocycles. The van der Waals surface area contributed by atoms with Crippen LogP contribution in [0, 0.1) is 106 Å². The first kappa shape index (κ1) is 74.6. The van der Waals surface area contributed by atoms with Crippen LogP contribution in [0.25, 0.3) is 166 Å². The number of rotatable bonds is 13. The van der Waals surface area contributed by atoms with E-state index in [2.05, 4.69) is 202 Å². The number of furan rings is 3. The second kappa shape index (κ2) is 33.5. The van der Waals surface area contributed by atoms with Crippen molar-refractivity contribution in [2.45, 2.75) is 163 Å². The molecule has 11 nitrogen and oxygen atoms in total. The topological polar surface area (TPSA) is 106 Å². The summed E-state index contributed by atoms with van der Waals surface area (Å²) in [5, 5.41) is 12.3. The molecule has 0 aliphatic rings. The van der Waals surface area contributed by atoms with Crippen LogP contribution >= 0.6 is 0 Å². The Morgan fingerprint density at radius 1 is 0.393 bits per heavy atom. The third-order valence-electron chi connectivity index (χ3n) is 24.7. The maximum Gasteiger partial charge on any atom is 0.287 e. The van der Waals surface area contributed by atoms with Gasteiger partial charge in [0.15, 0.2) is 22.3 Å². The van der Waals surface area contributed by atoms with Gasteiger partial charge in [0, 0.05) is 117 Å². The van der Waals surface area contributed by atoms with Crippen molar-refractivity contribution in [1.29, 1.82) is 0 Å². The van der Waals surface area contributed by atoms with Crippen molar-refractivity contribution in [3.63, 3.8) is 0 Å². The van der Waals surface area contributed by atoms with Gasteiger partial charge in [-0.05, 0) is 293 Å². The van der Waals surface area contributed by atoms with Gasteiger partial charge in [-0.15, -0.1) is 0 Å². The lowest BCUT2D eigenvalue weighted by atomic mass is 9.92. The molecule has 0 spiro atoms. The van der Waals surface area contributed by atoms with Gasteiger partial charge in [0.25, 0.3) is 6.33 Å². The molecule has 0 saturated heterocycles. The zero-order valence-electron chi connectivity index (χ0n) is 81.6. The van der Waals surface area contributed by atoms with E-state index in [1.165, 1.54) is 38.5 Å². The van der Waals surface area contributed by atoms with Crippen LogP contribution in [0.5, 0.6) is 0 Å². The highest BCUT2D eigenvalue weighted by Crippen LogP contribution is 2.45. The third kappa shape index (κ3) is 15.3. The van der Waals surface area contributed by atoms with E-state index in [1.54, 1.807) is 6.07 Å². The monoisotopic (exact) mass is 1620 g/mol. The van der Waals surface area contributed by atoms with Gasteiger partial charge < -0.3 is 13.3 Å². The predicted molar refractivity (Wildman–Crippen MR) is 504 cm³/mol. The van der Waals surface area contributed by atoms with Crippen LogP contribution in [-0.2, 0) is 53.8 Å². The first-order chi connectivity index (χ1) is 61.2. The number of pyridine rings is 6. The van der Waals surface area contributed by atoms with E-state index in [0.717, 1.165) is 180 Å². The van der Waals surface area contributed by atoms with E-state index < -0.39 is 19.6 Å². The molecule has 1 unspecified atom stereocenters. The van der Waals surface area contributed by atoms with E-state index in [1.807, 2.05) is 172 Å². The van der Waals surface area contributed by atoms with Gasteiger partial charge in [-0.3, -0.25) is 0 Å². The van der Waals surface area contributed by atoms with Crippen LogP contribution < -0.4 is 18.3 Å². The van der Waals surface area contributed by atoms with Gasteiger partial charge >= 0.3 is 0 Å². The average Bonchev–Trinajstić information content (AvgIpc) is 1.70. The number of hydrogen-bond acceptors (Lipinski definition) is 7. The molecule has 10 heterocycles. The number of aromatic nitrogens is 8. The number of nitrogens with zero attached hydrogens (tertiary/aromatic N) is 8. The standard InChI is InChI=1S/C31H29N2O.C29H31N2O.C28H29N2O.C22H26FN2/c1-18(2)17-21-9-8-12-26-23(21)15-16-27(33(26)5)28-20(4)22-10-6-7-11-24(22)29-25-14-13-19(3)32-31(25)34-30(28)29;1-7-17(2)15-21-9-8-10-25-22(21)13-14-26(31(25)6)27-20(5)18(3)16-24-23-12-11-19(4)30-29(23)32-28(24)27;1-16(2)14-20-8-7-9-24-21(20)12-13-25(30(24)6)26-19(5)17(3)15-23-22-11-10-18(4)29-28(22)31-27(23)26;1-13(2)9-17-7-8-18-20(11-17)24-12-25(6)22(18)19-10-14(3)21(23)16(5)15(19)4/h6-16,18H,17H2,1-5H3;8-14,16-17H,7,15H2,1-6H3;7-13,15-16H,14H2,1-6H3;7-8,10-13H,9H2,1-6H3/q4*+1/i17D2;3D3,15D2;;. The van der Waals surface area contributed by atoms with Crippen molar-refractivity contribution in [1.82, 2.24) is 19.9 Å². The van der Waals surface area contributed by atoms with Gasteiger partial charge in [-0.25, -0.2) is 23.9 Å². The highest BCUT2D eigenvalue weighted by atomic mass is 19.1. The molecular weight excluding hydrogens is 1500 g/mol. The molecule has 122 heavy (non-hydrogen) atoms. The molecule has 0 aliphatic heterocycles. The zero-order valence-corrected chi connectivity index (χ0v) is 74.6. The molecule has 0 amide bonds. The number of halogens is 1. The predicted octanol–water partition coefficient (Wildman–Crippen LogP) is 26.5. The molecule has 19 rings (SSSR count). The van der Waals surface area contributed by atoms with Crippen molar-refractivity contribution in [2.24, 2.45) is 51.9 Å². The highest BCUT2D eigenvalue weighted by Gasteiger charge is 2.31. The molecule has 0 fully saturated rings. The Morgan fingerprint density at radius 3 is 1.38 bits per heavy atom. The average molecular weight is 1620 g/mol.